The Labute approximate surface area is 74.4 Å². The third-order valence-corrected chi connectivity index (χ3v) is 4.13. The van der Waals surface area contributed by atoms with Crippen LogP contribution in [0.3, 0.4) is 0 Å². The van der Waals surface area contributed by atoms with Gasteiger partial charge in [-0.25, -0.2) is 0 Å². The van der Waals surface area contributed by atoms with Gasteiger partial charge in [0.25, 0.3) is 0 Å². The summed E-state index contributed by atoms with van der Waals surface area (Å²) < 4.78 is 0. The normalized spacial score (nSPS) is 49.2. The van der Waals surface area contributed by atoms with E-state index in [1.165, 1.54) is 12.8 Å². The zero-order chi connectivity index (χ0) is 8.29. The molecule has 0 aliphatic heterocycles. The van der Waals surface area contributed by atoms with Gasteiger partial charge < -0.3 is 0 Å². The maximum atomic E-state index is 2.55. The van der Waals surface area contributed by atoms with Gasteiger partial charge in [0.1, 0.15) is 0 Å². The lowest BCUT2D eigenvalue weighted by Crippen LogP contribution is -2.15. The maximum absolute atomic E-state index is 2.55. The first-order valence-corrected chi connectivity index (χ1v) is 5.11. The average Bonchev–Trinajstić information content (AvgIpc) is 2.57. The lowest BCUT2D eigenvalue weighted by molar-refractivity contribution is 0.386. The first-order valence-electron chi connectivity index (χ1n) is 5.11. The van der Waals surface area contributed by atoms with E-state index in [0.717, 1.165) is 23.7 Å². The standard InChI is InChI=1S/C12H16/c1-7-3-11-9-5-8(2)10(6-9)12(11)4-7/h4-5,9-12H,3,6H2,1-2H3/t9-,10-,11-,12+/m0/s1. The molecule has 0 aromatic heterocycles. The molecule has 4 atom stereocenters. The molecular weight excluding hydrogens is 144 g/mol. The van der Waals surface area contributed by atoms with E-state index in [4.69, 9.17) is 0 Å². The van der Waals surface area contributed by atoms with Crippen molar-refractivity contribution < 1.29 is 0 Å². The van der Waals surface area contributed by atoms with E-state index in [-0.39, 0.29) is 0 Å². The Hall–Kier alpha value is -0.520. The molecule has 2 bridgehead atoms. The molecule has 0 aromatic rings. The molecule has 0 N–H and O–H groups in total. The van der Waals surface area contributed by atoms with Crippen molar-refractivity contribution in [3.8, 4) is 0 Å². The van der Waals surface area contributed by atoms with Gasteiger partial charge in [0.15, 0.2) is 0 Å². The van der Waals surface area contributed by atoms with Gasteiger partial charge in [-0.2, -0.15) is 0 Å². The van der Waals surface area contributed by atoms with Gasteiger partial charge in [-0.3, -0.25) is 0 Å². The Kier molecular flexibility index (Phi) is 1.18. The molecule has 64 valence electrons. The number of fused-ring (bicyclic) bond motifs is 5. The Morgan fingerprint density at radius 3 is 2.92 bits per heavy atom. The van der Waals surface area contributed by atoms with E-state index in [9.17, 15) is 0 Å². The highest BCUT2D eigenvalue weighted by atomic mass is 14.5. The largest absolute Gasteiger partial charge is 0.0819 e. The van der Waals surface area contributed by atoms with Gasteiger partial charge in [0, 0.05) is 0 Å². The van der Waals surface area contributed by atoms with E-state index in [2.05, 4.69) is 26.0 Å². The van der Waals surface area contributed by atoms with Crippen LogP contribution in [0.2, 0.25) is 0 Å². The van der Waals surface area contributed by atoms with E-state index >= 15 is 0 Å². The summed E-state index contributed by atoms with van der Waals surface area (Å²) in [5.74, 6) is 3.80. The van der Waals surface area contributed by atoms with Crippen molar-refractivity contribution in [1.29, 1.82) is 0 Å². The molecule has 0 heteroatoms. The quantitative estimate of drug-likeness (QED) is 0.477. The summed E-state index contributed by atoms with van der Waals surface area (Å²) in [5, 5.41) is 0. The molecule has 3 aliphatic rings. The van der Waals surface area contributed by atoms with Crippen LogP contribution in [0.4, 0.5) is 0 Å². The number of allylic oxidation sites excluding steroid dienone is 4. The second-order valence-electron chi connectivity index (χ2n) is 4.88. The van der Waals surface area contributed by atoms with Gasteiger partial charge in [-0.1, -0.05) is 23.3 Å². The summed E-state index contributed by atoms with van der Waals surface area (Å²) >= 11 is 0. The molecular formula is C12H16. The van der Waals surface area contributed by atoms with E-state index in [1.54, 1.807) is 11.1 Å². The second kappa shape index (κ2) is 2.04. The Balaban J connectivity index is 2.00. The van der Waals surface area contributed by atoms with Crippen molar-refractivity contribution in [3.05, 3.63) is 23.3 Å². The molecule has 0 unspecified atom stereocenters. The van der Waals surface area contributed by atoms with Crippen LogP contribution in [0.15, 0.2) is 23.3 Å². The molecule has 1 saturated carbocycles. The fraction of sp³-hybridized carbons (Fsp3) is 0.667. The van der Waals surface area contributed by atoms with Crippen LogP contribution < -0.4 is 0 Å². The molecule has 1 fully saturated rings. The molecule has 0 nitrogen and oxygen atoms in total. The van der Waals surface area contributed by atoms with Crippen LogP contribution >= 0.6 is 0 Å². The highest BCUT2D eigenvalue weighted by Gasteiger charge is 2.47. The average molecular weight is 160 g/mol. The molecule has 0 spiro atoms. The summed E-state index contributed by atoms with van der Waals surface area (Å²) in [5.41, 5.74) is 3.31. The van der Waals surface area contributed by atoms with Gasteiger partial charge in [0.05, 0.1) is 0 Å². The fourth-order valence-corrected chi connectivity index (χ4v) is 3.65. The van der Waals surface area contributed by atoms with Crippen LogP contribution in [0.1, 0.15) is 26.7 Å². The van der Waals surface area contributed by atoms with E-state index in [0.29, 0.717) is 0 Å². The number of rotatable bonds is 0. The van der Waals surface area contributed by atoms with Gasteiger partial charge in [-0.05, 0) is 50.4 Å². The summed E-state index contributed by atoms with van der Waals surface area (Å²) in [4.78, 5) is 0. The number of hydrogen-bond acceptors (Lipinski definition) is 0. The topological polar surface area (TPSA) is 0 Å². The van der Waals surface area contributed by atoms with Crippen molar-refractivity contribution in [3.63, 3.8) is 0 Å². The fourth-order valence-electron chi connectivity index (χ4n) is 3.65. The molecule has 3 aliphatic carbocycles. The zero-order valence-corrected chi connectivity index (χ0v) is 7.88. The third-order valence-electron chi connectivity index (χ3n) is 4.13. The SMILES string of the molecule is CC1=C[C@H]2[C@@H](C1)[C@H]1C=C(C)[C@@H]2C1. The van der Waals surface area contributed by atoms with Crippen LogP contribution in [-0.2, 0) is 0 Å². The van der Waals surface area contributed by atoms with Gasteiger partial charge in [0.2, 0.25) is 0 Å². The van der Waals surface area contributed by atoms with Crippen LogP contribution in [0.5, 0.6) is 0 Å². The van der Waals surface area contributed by atoms with E-state index < -0.39 is 0 Å². The molecule has 3 rings (SSSR count). The minimum absolute atomic E-state index is 0.928. The first kappa shape index (κ1) is 6.94. The van der Waals surface area contributed by atoms with Gasteiger partial charge in [-0.15, -0.1) is 0 Å². The summed E-state index contributed by atoms with van der Waals surface area (Å²) in [6.07, 6.45) is 7.94. The number of hydrogen-bond donors (Lipinski definition) is 0. The Morgan fingerprint density at radius 1 is 1.25 bits per heavy atom. The summed E-state index contributed by atoms with van der Waals surface area (Å²) in [6.45, 7) is 4.62. The molecule has 12 heavy (non-hydrogen) atoms. The second-order valence-corrected chi connectivity index (χ2v) is 4.88. The lowest BCUT2D eigenvalue weighted by Gasteiger charge is -2.22. The first-order chi connectivity index (χ1) is 5.75. The Morgan fingerprint density at radius 2 is 2.08 bits per heavy atom. The highest BCUT2D eigenvalue weighted by Crippen LogP contribution is 2.56. The zero-order valence-electron chi connectivity index (χ0n) is 7.88. The van der Waals surface area contributed by atoms with Crippen LogP contribution in [-0.4, -0.2) is 0 Å². The minimum Gasteiger partial charge on any atom is -0.0819 e. The molecule has 0 radical (unpaired) electrons. The lowest BCUT2D eigenvalue weighted by atomic mass is 9.82. The van der Waals surface area contributed by atoms with Crippen molar-refractivity contribution >= 4 is 0 Å². The maximum Gasteiger partial charge on any atom is -0.0128 e. The van der Waals surface area contributed by atoms with Crippen molar-refractivity contribution in [1.82, 2.24) is 0 Å². The molecule has 0 heterocycles. The highest BCUT2D eigenvalue weighted by molar-refractivity contribution is 5.29. The monoisotopic (exact) mass is 160 g/mol. The molecule has 0 amide bonds. The van der Waals surface area contributed by atoms with Crippen LogP contribution in [0.25, 0.3) is 0 Å². The Bertz CT molecular complexity index is 282. The predicted octanol–water partition coefficient (Wildman–Crippen LogP) is 3.16. The van der Waals surface area contributed by atoms with Crippen LogP contribution in [0, 0.1) is 23.7 Å². The van der Waals surface area contributed by atoms with Crippen molar-refractivity contribution in [2.24, 2.45) is 23.7 Å². The van der Waals surface area contributed by atoms with Crippen molar-refractivity contribution in [2.45, 2.75) is 26.7 Å². The predicted molar refractivity (Wildman–Crippen MR) is 50.7 cm³/mol. The third kappa shape index (κ3) is 0.688. The van der Waals surface area contributed by atoms with Crippen molar-refractivity contribution in [2.75, 3.05) is 0 Å². The van der Waals surface area contributed by atoms with E-state index in [1.807, 2.05) is 0 Å². The summed E-state index contributed by atoms with van der Waals surface area (Å²) in [6, 6.07) is 0. The molecule has 0 aromatic carbocycles. The summed E-state index contributed by atoms with van der Waals surface area (Å²) in [7, 11) is 0. The van der Waals surface area contributed by atoms with Gasteiger partial charge >= 0.3 is 0 Å². The molecule has 0 saturated heterocycles. The smallest absolute Gasteiger partial charge is 0.0128 e. The minimum atomic E-state index is 0.928.